The first-order valence-corrected chi connectivity index (χ1v) is 12.0. The summed E-state index contributed by atoms with van der Waals surface area (Å²) >= 11 is 2.79. The second kappa shape index (κ2) is 8.84. The maximum absolute atomic E-state index is 12.6. The van der Waals surface area contributed by atoms with Crippen LogP contribution in [0.2, 0.25) is 0 Å². The highest BCUT2D eigenvalue weighted by molar-refractivity contribution is 7.99. The van der Waals surface area contributed by atoms with E-state index in [0.717, 1.165) is 46.7 Å². The molecule has 7 nitrogen and oxygen atoms in total. The van der Waals surface area contributed by atoms with Crippen molar-refractivity contribution in [2.45, 2.75) is 38.3 Å². The Morgan fingerprint density at radius 3 is 2.84 bits per heavy atom. The first-order chi connectivity index (χ1) is 14.8. The van der Waals surface area contributed by atoms with Gasteiger partial charge in [0.15, 0.2) is 11.0 Å². The highest BCUT2D eigenvalue weighted by Gasteiger charge is 2.27. The van der Waals surface area contributed by atoms with Gasteiger partial charge in [-0.15, -0.1) is 21.5 Å². The summed E-state index contributed by atoms with van der Waals surface area (Å²) in [5.41, 5.74) is 9.25. The number of thiophene rings is 1. The second-order valence-corrected chi connectivity index (χ2v) is 9.98. The van der Waals surface area contributed by atoms with Gasteiger partial charge in [0.1, 0.15) is 5.00 Å². The molecular weight excluding hydrogens is 430 g/mol. The zero-order chi connectivity index (χ0) is 22.1. The number of amides is 2. The minimum atomic E-state index is -0.480. The van der Waals surface area contributed by atoms with E-state index < -0.39 is 5.91 Å². The van der Waals surface area contributed by atoms with Gasteiger partial charge in [0.25, 0.3) is 5.91 Å². The lowest BCUT2D eigenvalue weighted by atomic mass is 9.88. The minimum Gasteiger partial charge on any atom is -0.365 e. The van der Waals surface area contributed by atoms with Gasteiger partial charge in [0.2, 0.25) is 5.91 Å². The molecule has 0 saturated carbocycles. The third kappa shape index (κ3) is 4.38. The summed E-state index contributed by atoms with van der Waals surface area (Å²) in [4.78, 5) is 25.9. The smallest absolute Gasteiger partial charge is 0.251 e. The summed E-state index contributed by atoms with van der Waals surface area (Å²) in [5.74, 6) is 0.823. The van der Waals surface area contributed by atoms with Crippen molar-refractivity contribution in [3.63, 3.8) is 0 Å². The molecule has 2 heterocycles. The maximum Gasteiger partial charge on any atom is 0.251 e. The van der Waals surface area contributed by atoms with Crippen LogP contribution in [0.1, 0.15) is 39.7 Å². The fraction of sp³-hybridized carbons (Fsp3) is 0.364. The molecule has 4 rings (SSSR count). The molecule has 162 valence electrons. The number of primary amides is 1. The van der Waals surface area contributed by atoms with Crippen LogP contribution in [0.15, 0.2) is 29.4 Å². The lowest BCUT2D eigenvalue weighted by Gasteiger charge is -2.18. The standard InChI is InChI=1S/C22H25N5O2S2/c1-12-8-9-15-16(10-12)31-21(18(15)19(23)29)24-17(28)11-30-22-26-25-20(27(22)3)14-7-5-4-6-13(14)2/h4-7,12H,8-11H2,1-3H3,(H2,23,29)(H,24,28). The summed E-state index contributed by atoms with van der Waals surface area (Å²) < 4.78 is 1.89. The number of carbonyl (C=O) groups is 2. The number of hydrogen-bond donors (Lipinski definition) is 2. The summed E-state index contributed by atoms with van der Waals surface area (Å²) in [6.45, 7) is 4.23. The van der Waals surface area contributed by atoms with Crippen molar-refractivity contribution in [3.8, 4) is 11.4 Å². The molecule has 1 atom stereocenters. The van der Waals surface area contributed by atoms with Gasteiger partial charge in [0.05, 0.1) is 11.3 Å². The van der Waals surface area contributed by atoms with Gasteiger partial charge in [-0.3, -0.25) is 9.59 Å². The van der Waals surface area contributed by atoms with Crippen molar-refractivity contribution in [1.82, 2.24) is 14.8 Å². The fourth-order valence-corrected chi connectivity index (χ4v) is 6.03. The van der Waals surface area contributed by atoms with Crippen molar-refractivity contribution in [3.05, 3.63) is 45.8 Å². The van der Waals surface area contributed by atoms with Crippen LogP contribution in [0.25, 0.3) is 11.4 Å². The average molecular weight is 456 g/mol. The SMILES string of the molecule is Cc1ccccc1-c1nnc(SCC(=O)Nc2sc3c(c2C(N)=O)CCC(C)C3)n1C. The Balaban J connectivity index is 1.46. The Labute approximate surface area is 189 Å². The predicted octanol–water partition coefficient (Wildman–Crippen LogP) is 3.81. The van der Waals surface area contributed by atoms with Crippen molar-refractivity contribution < 1.29 is 9.59 Å². The van der Waals surface area contributed by atoms with E-state index in [4.69, 9.17) is 5.73 Å². The first kappa shape index (κ1) is 21.6. The quantitative estimate of drug-likeness (QED) is 0.550. The molecule has 1 aromatic carbocycles. The van der Waals surface area contributed by atoms with Gasteiger partial charge >= 0.3 is 0 Å². The third-order valence-electron chi connectivity index (χ3n) is 5.56. The number of hydrogen-bond acceptors (Lipinski definition) is 6. The Morgan fingerprint density at radius 1 is 1.32 bits per heavy atom. The van der Waals surface area contributed by atoms with Gasteiger partial charge in [0, 0.05) is 17.5 Å². The number of nitrogens with one attached hydrogen (secondary N) is 1. The summed E-state index contributed by atoms with van der Waals surface area (Å²) in [6.07, 6.45) is 2.78. The fourth-order valence-electron chi connectivity index (χ4n) is 3.89. The lowest BCUT2D eigenvalue weighted by molar-refractivity contribution is -0.113. The second-order valence-electron chi connectivity index (χ2n) is 7.94. The molecule has 0 bridgehead atoms. The zero-order valence-corrected chi connectivity index (χ0v) is 19.4. The van der Waals surface area contributed by atoms with Crippen LogP contribution < -0.4 is 11.1 Å². The van der Waals surface area contributed by atoms with Crippen LogP contribution in [0.5, 0.6) is 0 Å². The van der Waals surface area contributed by atoms with Gasteiger partial charge in [-0.1, -0.05) is 43.0 Å². The molecule has 3 N–H and O–H groups in total. The number of rotatable bonds is 6. The Kier molecular flexibility index (Phi) is 6.15. The molecule has 2 aromatic heterocycles. The number of carbonyl (C=O) groups excluding carboxylic acids is 2. The van der Waals surface area contributed by atoms with E-state index in [0.29, 0.717) is 21.6 Å². The number of nitrogens with zero attached hydrogens (tertiary/aromatic N) is 3. The van der Waals surface area contributed by atoms with E-state index in [1.165, 1.54) is 23.1 Å². The number of fused-ring (bicyclic) bond motifs is 1. The number of benzene rings is 1. The van der Waals surface area contributed by atoms with E-state index in [1.54, 1.807) is 0 Å². The molecule has 1 aliphatic rings. The van der Waals surface area contributed by atoms with E-state index in [2.05, 4.69) is 22.4 Å². The molecule has 0 aliphatic heterocycles. The van der Waals surface area contributed by atoms with Crippen LogP contribution in [0.3, 0.4) is 0 Å². The van der Waals surface area contributed by atoms with Crippen molar-refractivity contribution in [2.75, 3.05) is 11.1 Å². The summed E-state index contributed by atoms with van der Waals surface area (Å²) in [5, 5.41) is 12.7. The highest BCUT2D eigenvalue weighted by Crippen LogP contribution is 2.39. The van der Waals surface area contributed by atoms with Gasteiger partial charge < -0.3 is 15.6 Å². The molecule has 3 aromatic rings. The van der Waals surface area contributed by atoms with E-state index in [1.807, 2.05) is 42.8 Å². The van der Waals surface area contributed by atoms with E-state index in [9.17, 15) is 9.59 Å². The monoisotopic (exact) mass is 455 g/mol. The molecular formula is C22H25N5O2S2. The Morgan fingerprint density at radius 2 is 2.10 bits per heavy atom. The van der Waals surface area contributed by atoms with Crippen molar-refractivity contribution in [1.29, 1.82) is 0 Å². The van der Waals surface area contributed by atoms with Crippen LogP contribution in [0, 0.1) is 12.8 Å². The molecule has 31 heavy (non-hydrogen) atoms. The van der Waals surface area contributed by atoms with E-state index in [-0.39, 0.29) is 11.7 Å². The number of anilines is 1. The molecule has 1 aliphatic carbocycles. The number of nitrogens with two attached hydrogens (primary N) is 1. The predicted molar refractivity (Wildman–Crippen MR) is 125 cm³/mol. The molecule has 0 saturated heterocycles. The first-order valence-electron chi connectivity index (χ1n) is 10.2. The molecule has 9 heteroatoms. The lowest BCUT2D eigenvalue weighted by Crippen LogP contribution is -2.20. The highest BCUT2D eigenvalue weighted by atomic mass is 32.2. The maximum atomic E-state index is 12.6. The van der Waals surface area contributed by atoms with Crippen LogP contribution >= 0.6 is 23.1 Å². The molecule has 0 radical (unpaired) electrons. The van der Waals surface area contributed by atoms with Crippen molar-refractivity contribution >= 4 is 39.9 Å². The van der Waals surface area contributed by atoms with Gasteiger partial charge in [-0.25, -0.2) is 0 Å². The van der Waals surface area contributed by atoms with Gasteiger partial charge in [-0.2, -0.15) is 0 Å². The largest absolute Gasteiger partial charge is 0.365 e. The van der Waals surface area contributed by atoms with Crippen LogP contribution in [0.4, 0.5) is 5.00 Å². The number of aryl methyl sites for hydroxylation is 1. The third-order valence-corrected chi connectivity index (χ3v) is 7.75. The molecule has 0 fully saturated rings. The zero-order valence-electron chi connectivity index (χ0n) is 17.8. The molecule has 0 spiro atoms. The average Bonchev–Trinajstić information content (AvgIpc) is 3.26. The topological polar surface area (TPSA) is 103 Å². The van der Waals surface area contributed by atoms with Gasteiger partial charge in [-0.05, 0) is 43.2 Å². The normalized spacial score (nSPS) is 15.5. The van der Waals surface area contributed by atoms with Crippen molar-refractivity contribution in [2.24, 2.45) is 18.7 Å². The van der Waals surface area contributed by atoms with E-state index >= 15 is 0 Å². The Bertz CT molecular complexity index is 1150. The molecule has 1 unspecified atom stereocenters. The van der Waals surface area contributed by atoms with Crippen LogP contribution in [-0.2, 0) is 24.7 Å². The summed E-state index contributed by atoms with van der Waals surface area (Å²) in [7, 11) is 1.89. The number of aromatic nitrogens is 3. The number of thioether (sulfide) groups is 1. The molecule has 2 amide bonds. The Hall–Kier alpha value is -2.65. The minimum absolute atomic E-state index is 0.164. The summed E-state index contributed by atoms with van der Waals surface area (Å²) in [6, 6.07) is 7.99. The van der Waals surface area contributed by atoms with Crippen LogP contribution in [-0.4, -0.2) is 32.3 Å².